The van der Waals surface area contributed by atoms with Crippen molar-refractivity contribution in [2.75, 3.05) is 19.8 Å². The molecule has 90 valence electrons. The molecule has 0 radical (unpaired) electrons. The summed E-state index contributed by atoms with van der Waals surface area (Å²) in [6.07, 6.45) is 1.98. The molecule has 1 aliphatic rings. The smallest absolute Gasteiger partial charge is 0.335 e. The molecular formula is C11H17NO4. The normalized spacial score (nSPS) is 19.4. The quantitative estimate of drug-likeness (QED) is 0.713. The number of ether oxygens (including phenoxy) is 2. The van der Waals surface area contributed by atoms with E-state index in [2.05, 4.69) is 5.32 Å². The minimum Gasteiger partial charge on any atom is -0.466 e. The first-order chi connectivity index (χ1) is 7.69. The van der Waals surface area contributed by atoms with Crippen LogP contribution in [0.5, 0.6) is 0 Å². The first-order valence-corrected chi connectivity index (χ1v) is 5.45. The predicted molar refractivity (Wildman–Crippen MR) is 57.5 cm³/mol. The third kappa shape index (κ3) is 3.25. The second-order valence-corrected chi connectivity index (χ2v) is 3.45. The summed E-state index contributed by atoms with van der Waals surface area (Å²) in [5.74, 6) is -0.946. The van der Waals surface area contributed by atoms with Crippen LogP contribution in [0.1, 0.15) is 20.3 Å². The van der Waals surface area contributed by atoms with Crippen LogP contribution in [0.15, 0.2) is 11.8 Å². The Morgan fingerprint density at radius 2 is 2.06 bits per heavy atom. The fourth-order valence-electron chi connectivity index (χ4n) is 1.51. The predicted octanol–water partition coefficient (Wildman–Crippen LogP) is 0.606. The lowest BCUT2D eigenvalue weighted by atomic mass is 9.97. The van der Waals surface area contributed by atoms with E-state index >= 15 is 0 Å². The summed E-state index contributed by atoms with van der Waals surface area (Å²) in [5.41, 5.74) is 0.492. The van der Waals surface area contributed by atoms with Gasteiger partial charge in [-0.15, -0.1) is 0 Å². The molecule has 1 atom stereocenters. The van der Waals surface area contributed by atoms with Crippen molar-refractivity contribution in [3.63, 3.8) is 0 Å². The molecule has 1 aliphatic heterocycles. The molecule has 0 saturated carbocycles. The Hall–Kier alpha value is -1.52. The van der Waals surface area contributed by atoms with E-state index in [0.717, 1.165) is 0 Å². The molecular weight excluding hydrogens is 210 g/mol. The Bertz CT molecular complexity index is 298. The van der Waals surface area contributed by atoms with Crippen molar-refractivity contribution >= 4 is 11.9 Å². The van der Waals surface area contributed by atoms with Crippen LogP contribution in [-0.4, -0.2) is 31.7 Å². The van der Waals surface area contributed by atoms with Gasteiger partial charge in [-0.25, -0.2) is 4.79 Å². The van der Waals surface area contributed by atoms with Crippen LogP contribution in [0.4, 0.5) is 0 Å². The van der Waals surface area contributed by atoms with Gasteiger partial charge < -0.3 is 14.8 Å². The molecule has 0 spiro atoms. The third-order valence-electron chi connectivity index (χ3n) is 2.26. The highest BCUT2D eigenvalue weighted by Gasteiger charge is 2.27. The topological polar surface area (TPSA) is 64.6 Å². The Balaban J connectivity index is 2.55. The van der Waals surface area contributed by atoms with E-state index in [1.807, 2.05) is 0 Å². The standard InChI is InChI=1S/C11H17NO4/c1-3-15-10(13)8-5-9(7-12-6-8)11(14)16-4-2/h6,9,12H,3-5,7H2,1-2H3. The maximum absolute atomic E-state index is 11.5. The summed E-state index contributed by atoms with van der Waals surface area (Å²) >= 11 is 0. The summed E-state index contributed by atoms with van der Waals surface area (Å²) < 4.78 is 9.78. The molecule has 0 aromatic heterocycles. The first-order valence-electron chi connectivity index (χ1n) is 5.45. The highest BCUT2D eigenvalue weighted by molar-refractivity contribution is 5.89. The number of hydrogen-bond acceptors (Lipinski definition) is 5. The van der Waals surface area contributed by atoms with E-state index in [0.29, 0.717) is 31.8 Å². The average molecular weight is 227 g/mol. The van der Waals surface area contributed by atoms with Crippen LogP contribution in [0.2, 0.25) is 0 Å². The number of carbonyl (C=O) groups excluding carboxylic acids is 2. The fourth-order valence-corrected chi connectivity index (χ4v) is 1.51. The van der Waals surface area contributed by atoms with Crippen LogP contribution in [0.3, 0.4) is 0 Å². The van der Waals surface area contributed by atoms with Crippen LogP contribution >= 0.6 is 0 Å². The maximum atomic E-state index is 11.5. The zero-order valence-corrected chi connectivity index (χ0v) is 9.62. The highest BCUT2D eigenvalue weighted by atomic mass is 16.5. The molecule has 0 fully saturated rings. The van der Waals surface area contributed by atoms with E-state index in [9.17, 15) is 9.59 Å². The first kappa shape index (κ1) is 12.5. The summed E-state index contributed by atoms with van der Waals surface area (Å²) in [6.45, 7) is 4.70. The molecule has 16 heavy (non-hydrogen) atoms. The number of hydrogen-bond donors (Lipinski definition) is 1. The monoisotopic (exact) mass is 227 g/mol. The minimum atomic E-state index is -0.371. The van der Waals surface area contributed by atoms with Gasteiger partial charge in [0.1, 0.15) is 0 Å². The molecule has 5 heteroatoms. The van der Waals surface area contributed by atoms with Crippen LogP contribution < -0.4 is 5.32 Å². The SMILES string of the molecule is CCOC(=O)C1=CNCC(C(=O)OCC)C1. The maximum Gasteiger partial charge on any atom is 0.335 e. The summed E-state index contributed by atoms with van der Waals surface area (Å²) in [6, 6.07) is 0. The van der Waals surface area contributed by atoms with Gasteiger partial charge in [-0.05, 0) is 20.3 Å². The van der Waals surface area contributed by atoms with Gasteiger partial charge in [0.05, 0.1) is 24.7 Å². The summed E-state index contributed by atoms with van der Waals surface area (Å²) in [5, 5.41) is 2.90. The van der Waals surface area contributed by atoms with Crippen LogP contribution in [0.25, 0.3) is 0 Å². The summed E-state index contributed by atoms with van der Waals surface area (Å²) in [4.78, 5) is 22.9. The van der Waals surface area contributed by atoms with E-state index in [1.54, 1.807) is 20.0 Å². The molecule has 1 unspecified atom stereocenters. The summed E-state index contributed by atoms with van der Waals surface area (Å²) in [7, 11) is 0. The van der Waals surface area contributed by atoms with Gasteiger partial charge >= 0.3 is 11.9 Å². The molecule has 0 aromatic carbocycles. The number of nitrogens with one attached hydrogen (secondary N) is 1. The fraction of sp³-hybridized carbons (Fsp3) is 0.636. The zero-order chi connectivity index (χ0) is 12.0. The van der Waals surface area contributed by atoms with Gasteiger partial charge in [0.25, 0.3) is 0 Å². The minimum absolute atomic E-state index is 0.273. The largest absolute Gasteiger partial charge is 0.466 e. The molecule has 1 N–H and O–H groups in total. The second-order valence-electron chi connectivity index (χ2n) is 3.45. The van der Waals surface area contributed by atoms with Gasteiger partial charge in [-0.1, -0.05) is 0 Å². The second kappa shape index (κ2) is 6.15. The lowest BCUT2D eigenvalue weighted by Gasteiger charge is -2.21. The van der Waals surface area contributed by atoms with Gasteiger partial charge in [0, 0.05) is 12.7 Å². The molecule has 0 aromatic rings. The van der Waals surface area contributed by atoms with Crippen LogP contribution in [0, 0.1) is 5.92 Å². The van der Waals surface area contributed by atoms with Crippen molar-refractivity contribution in [1.29, 1.82) is 0 Å². The molecule has 5 nitrogen and oxygen atoms in total. The van der Waals surface area contributed by atoms with Gasteiger partial charge in [0.2, 0.25) is 0 Å². The molecule has 0 aliphatic carbocycles. The number of rotatable bonds is 4. The van der Waals surface area contributed by atoms with Gasteiger partial charge in [-0.2, -0.15) is 0 Å². The zero-order valence-electron chi connectivity index (χ0n) is 9.62. The Labute approximate surface area is 94.8 Å². The van der Waals surface area contributed by atoms with Gasteiger partial charge in [0.15, 0.2) is 0 Å². The lowest BCUT2D eigenvalue weighted by molar-refractivity contribution is -0.148. The van der Waals surface area contributed by atoms with Crippen molar-refractivity contribution < 1.29 is 19.1 Å². The van der Waals surface area contributed by atoms with Crippen molar-refractivity contribution in [2.45, 2.75) is 20.3 Å². The number of esters is 2. The van der Waals surface area contributed by atoms with Crippen molar-refractivity contribution in [2.24, 2.45) is 5.92 Å². The third-order valence-corrected chi connectivity index (χ3v) is 2.26. The molecule has 0 bridgehead atoms. The number of carbonyl (C=O) groups is 2. The Morgan fingerprint density at radius 1 is 1.38 bits per heavy atom. The highest BCUT2D eigenvalue weighted by Crippen LogP contribution is 2.17. The van der Waals surface area contributed by atoms with Crippen molar-refractivity contribution in [1.82, 2.24) is 5.32 Å². The average Bonchev–Trinajstić information content (AvgIpc) is 2.30. The van der Waals surface area contributed by atoms with Gasteiger partial charge in [-0.3, -0.25) is 4.79 Å². The Morgan fingerprint density at radius 3 is 2.69 bits per heavy atom. The van der Waals surface area contributed by atoms with Crippen molar-refractivity contribution in [3.05, 3.63) is 11.8 Å². The lowest BCUT2D eigenvalue weighted by Crippen LogP contribution is -2.33. The molecule has 0 amide bonds. The van der Waals surface area contributed by atoms with E-state index in [4.69, 9.17) is 9.47 Å². The van der Waals surface area contributed by atoms with E-state index in [-0.39, 0.29) is 17.9 Å². The Kier molecular flexibility index (Phi) is 4.82. The molecule has 1 rings (SSSR count). The van der Waals surface area contributed by atoms with Crippen LogP contribution in [-0.2, 0) is 19.1 Å². The van der Waals surface area contributed by atoms with E-state index < -0.39 is 0 Å². The van der Waals surface area contributed by atoms with E-state index in [1.165, 1.54) is 0 Å². The molecule has 0 saturated heterocycles. The molecule has 1 heterocycles. The van der Waals surface area contributed by atoms with Crippen molar-refractivity contribution in [3.8, 4) is 0 Å².